The maximum atomic E-state index is 12.5. The normalized spacial score (nSPS) is 17.6. The summed E-state index contributed by atoms with van der Waals surface area (Å²) in [6.45, 7) is 2.97. The highest BCUT2D eigenvalue weighted by Gasteiger charge is 2.26. The fraction of sp³-hybridized carbons (Fsp3) is 0.353. The molecular formula is C17H19ClN4O2. The molecule has 1 aliphatic rings. The predicted molar refractivity (Wildman–Crippen MR) is 93.6 cm³/mol. The third kappa shape index (κ3) is 3.76. The molecule has 7 heteroatoms. The Morgan fingerprint density at radius 1 is 1.42 bits per heavy atom. The Hall–Kier alpha value is -2.34. The number of benzene rings is 1. The molecule has 1 fully saturated rings. The van der Waals surface area contributed by atoms with Crippen LogP contribution in [0.3, 0.4) is 0 Å². The number of piperidine rings is 1. The molecule has 0 aliphatic carbocycles. The van der Waals surface area contributed by atoms with Gasteiger partial charge in [0.05, 0.1) is 16.4 Å². The van der Waals surface area contributed by atoms with Crippen molar-refractivity contribution in [2.24, 2.45) is 0 Å². The Labute approximate surface area is 144 Å². The maximum Gasteiger partial charge on any atom is 0.321 e. The average molecular weight is 347 g/mol. The number of anilines is 1. The van der Waals surface area contributed by atoms with Gasteiger partial charge in [-0.25, -0.2) is 9.78 Å². The number of nitrogens with one attached hydrogen (secondary N) is 2. The van der Waals surface area contributed by atoms with Crippen LogP contribution in [0.5, 0.6) is 0 Å². The number of likely N-dealkylation sites (tertiary alicyclic amines) is 1. The summed E-state index contributed by atoms with van der Waals surface area (Å²) in [5.74, 6) is 0.659. The molecule has 1 aromatic carbocycles. The van der Waals surface area contributed by atoms with Crippen LogP contribution in [0.2, 0.25) is 5.02 Å². The van der Waals surface area contributed by atoms with E-state index in [9.17, 15) is 9.59 Å². The summed E-state index contributed by atoms with van der Waals surface area (Å²) in [5.41, 5.74) is 1.18. The summed E-state index contributed by atoms with van der Waals surface area (Å²) in [6.07, 6.45) is 1.78. The zero-order valence-corrected chi connectivity index (χ0v) is 14.1. The summed E-state index contributed by atoms with van der Waals surface area (Å²) in [5, 5.41) is 3.35. The fourth-order valence-electron chi connectivity index (χ4n) is 2.97. The number of carbonyl (C=O) groups is 1. The average Bonchev–Trinajstić information content (AvgIpc) is 2.56. The van der Waals surface area contributed by atoms with E-state index in [1.54, 1.807) is 24.0 Å². The van der Waals surface area contributed by atoms with E-state index in [0.717, 1.165) is 18.5 Å². The Morgan fingerprint density at radius 3 is 2.96 bits per heavy atom. The number of amides is 2. The van der Waals surface area contributed by atoms with Crippen molar-refractivity contribution in [2.75, 3.05) is 18.4 Å². The Morgan fingerprint density at radius 2 is 2.21 bits per heavy atom. The van der Waals surface area contributed by atoms with Crippen molar-refractivity contribution in [1.29, 1.82) is 0 Å². The van der Waals surface area contributed by atoms with Crippen molar-refractivity contribution < 1.29 is 4.79 Å². The van der Waals surface area contributed by atoms with Gasteiger partial charge in [0.2, 0.25) is 0 Å². The van der Waals surface area contributed by atoms with Crippen molar-refractivity contribution in [1.82, 2.24) is 14.9 Å². The lowest BCUT2D eigenvalue weighted by atomic mass is 9.94. The van der Waals surface area contributed by atoms with Crippen LogP contribution >= 0.6 is 11.6 Å². The van der Waals surface area contributed by atoms with E-state index in [0.29, 0.717) is 29.6 Å². The summed E-state index contributed by atoms with van der Waals surface area (Å²) in [7, 11) is 0. The molecule has 0 spiro atoms. The van der Waals surface area contributed by atoms with Gasteiger partial charge in [-0.3, -0.25) is 4.79 Å². The van der Waals surface area contributed by atoms with Gasteiger partial charge < -0.3 is 15.2 Å². The molecule has 2 N–H and O–H groups in total. The number of para-hydroxylation sites is 1. The van der Waals surface area contributed by atoms with E-state index in [1.807, 2.05) is 12.1 Å². The quantitative estimate of drug-likeness (QED) is 0.876. The summed E-state index contributed by atoms with van der Waals surface area (Å²) < 4.78 is 0. The van der Waals surface area contributed by atoms with Gasteiger partial charge in [-0.1, -0.05) is 23.7 Å². The third-order valence-corrected chi connectivity index (χ3v) is 4.45. The molecule has 0 bridgehead atoms. The van der Waals surface area contributed by atoms with E-state index in [2.05, 4.69) is 15.3 Å². The molecule has 3 rings (SSSR count). The second kappa shape index (κ2) is 7.05. The molecule has 0 unspecified atom stereocenters. The third-order valence-electron chi connectivity index (χ3n) is 4.12. The van der Waals surface area contributed by atoms with Gasteiger partial charge in [-0.15, -0.1) is 0 Å². The van der Waals surface area contributed by atoms with Crippen LogP contribution < -0.4 is 10.9 Å². The first-order valence-corrected chi connectivity index (χ1v) is 8.29. The van der Waals surface area contributed by atoms with Gasteiger partial charge in [0.25, 0.3) is 5.56 Å². The molecule has 1 saturated heterocycles. The molecule has 0 saturated carbocycles. The van der Waals surface area contributed by atoms with Crippen molar-refractivity contribution >= 4 is 23.3 Å². The maximum absolute atomic E-state index is 12.5. The molecule has 1 aliphatic heterocycles. The van der Waals surface area contributed by atoms with Gasteiger partial charge in [-0.05, 0) is 31.9 Å². The first kappa shape index (κ1) is 16.5. The first-order valence-electron chi connectivity index (χ1n) is 7.91. The van der Waals surface area contributed by atoms with Gasteiger partial charge >= 0.3 is 6.03 Å². The molecule has 1 aromatic heterocycles. The number of aromatic nitrogens is 2. The van der Waals surface area contributed by atoms with Gasteiger partial charge in [0, 0.05) is 25.1 Å². The lowest BCUT2D eigenvalue weighted by molar-refractivity contribution is 0.192. The zero-order valence-electron chi connectivity index (χ0n) is 13.4. The van der Waals surface area contributed by atoms with Crippen LogP contribution in [-0.2, 0) is 0 Å². The number of nitrogens with zero attached hydrogens (tertiary/aromatic N) is 2. The van der Waals surface area contributed by atoms with Crippen LogP contribution in [-0.4, -0.2) is 34.0 Å². The SMILES string of the molecule is Cc1nc([C@@H]2CCCN(C(=O)Nc3ccccc3Cl)C2)cc(=O)[nH]1. The van der Waals surface area contributed by atoms with E-state index < -0.39 is 0 Å². The highest BCUT2D eigenvalue weighted by atomic mass is 35.5. The van der Waals surface area contributed by atoms with Gasteiger partial charge in [0.1, 0.15) is 5.82 Å². The summed E-state index contributed by atoms with van der Waals surface area (Å²) in [6, 6.07) is 8.48. The summed E-state index contributed by atoms with van der Waals surface area (Å²) in [4.78, 5) is 33.0. The number of H-pyrrole nitrogens is 1. The fourth-order valence-corrected chi connectivity index (χ4v) is 3.15. The highest BCUT2D eigenvalue weighted by molar-refractivity contribution is 6.33. The van der Waals surface area contributed by atoms with Crippen molar-refractivity contribution in [3.05, 3.63) is 57.2 Å². The number of rotatable bonds is 2. The van der Waals surface area contributed by atoms with Crippen LogP contribution in [0, 0.1) is 6.92 Å². The second-order valence-corrected chi connectivity index (χ2v) is 6.36. The molecule has 1 atom stereocenters. The molecule has 6 nitrogen and oxygen atoms in total. The minimum absolute atomic E-state index is 0.0664. The van der Waals surface area contributed by atoms with Crippen LogP contribution in [0.25, 0.3) is 0 Å². The van der Waals surface area contributed by atoms with Crippen molar-refractivity contribution in [2.45, 2.75) is 25.7 Å². The first-order chi connectivity index (χ1) is 11.5. The van der Waals surface area contributed by atoms with E-state index >= 15 is 0 Å². The number of aromatic amines is 1. The monoisotopic (exact) mass is 346 g/mol. The minimum Gasteiger partial charge on any atom is -0.324 e. The molecule has 24 heavy (non-hydrogen) atoms. The lowest BCUT2D eigenvalue weighted by Crippen LogP contribution is -2.42. The molecule has 2 heterocycles. The summed E-state index contributed by atoms with van der Waals surface area (Å²) >= 11 is 6.09. The van der Waals surface area contributed by atoms with Gasteiger partial charge in [-0.2, -0.15) is 0 Å². The van der Waals surface area contributed by atoms with Gasteiger partial charge in [0.15, 0.2) is 0 Å². The Bertz CT molecular complexity index is 805. The molecule has 0 radical (unpaired) electrons. The predicted octanol–water partition coefficient (Wildman–Crippen LogP) is 3.14. The number of hydrogen-bond donors (Lipinski definition) is 2. The Balaban J connectivity index is 1.72. The standard InChI is InChI=1S/C17H19ClN4O2/c1-11-19-15(9-16(23)20-11)12-5-4-8-22(10-12)17(24)21-14-7-3-2-6-13(14)18/h2-3,6-7,9,12H,4-5,8,10H2,1H3,(H,21,24)(H,19,20,23)/t12-/m1/s1. The van der Waals surface area contributed by atoms with Crippen LogP contribution in [0.15, 0.2) is 35.1 Å². The topological polar surface area (TPSA) is 78.1 Å². The largest absolute Gasteiger partial charge is 0.324 e. The Kier molecular flexibility index (Phi) is 4.85. The minimum atomic E-state index is -0.186. The number of urea groups is 1. The molecule has 2 aromatic rings. The van der Waals surface area contributed by atoms with E-state index in [-0.39, 0.29) is 17.5 Å². The lowest BCUT2D eigenvalue weighted by Gasteiger charge is -2.32. The highest BCUT2D eigenvalue weighted by Crippen LogP contribution is 2.26. The van der Waals surface area contributed by atoms with Crippen LogP contribution in [0.1, 0.15) is 30.3 Å². The second-order valence-electron chi connectivity index (χ2n) is 5.95. The van der Waals surface area contributed by atoms with E-state index in [4.69, 9.17) is 11.6 Å². The number of carbonyl (C=O) groups excluding carboxylic acids is 1. The smallest absolute Gasteiger partial charge is 0.321 e. The van der Waals surface area contributed by atoms with Crippen molar-refractivity contribution in [3.63, 3.8) is 0 Å². The van der Waals surface area contributed by atoms with Crippen LogP contribution in [0.4, 0.5) is 10.5 Å². The van der Waals surface area contributed by atoms with Crippen molar-refractivity contribution in [3.8, 4) is 0 Å². The zero-order chi connectivity index (χ0) is 17.1. The number of aryl methyl sites for hydroxylation is 1. The van der Waals surface area contributed by atoms with E-state index in [1.165, 1.54) is 6.07 Å². The molecular weight excluding hydrogens is 328 g/mol. The molecule has 126 valence electrons. The number of halogens is 1. The molecule has 2 amide bonds. The number of hydrogen-bond acceptors (Lipinski definition) is 3.